The van der Waals surface area contributed by atoms with Gasteiger partial charge in [-0.3, -0.25) is 4.79 Å². The number of carboxylic acids is 1. The number of ether oxygens (including phenoxy) is 1. The van der Waals surface area contributed by atoms with E-state index in [4.69, 9.17) is 4.74 Å². The van der Waals surface area contributed by atoms with Gasteiger partial charge in [0.05, 0.1) is 11.5 Å². The minimum atomic E-state index is -4.73. The second-order valence-corrected chi connectivity index (χ2v) is 9.84. The Morgan fingerprint density at radius 1 is 1.11 bits per heavy atom. The van der Waals surface area contributed by atoms with Gasteiger partial charge < -0.3 is 9.84 Å². The molecule has 3 aliphatic carbocycles. The van der Waals surface area contributed by atoms with Crippen molar-refractivity contribution in [2.75, 3.05) is 0 Å². The summed E-state index contributed by atoms with van der Waals surface area (Å²) >= 11 is 0. The van der Waals surface area contributed by atoms with Crippen molar-refractivity contribution >= 4 is 5.97 Å². The van der Waals surface area contributed by atoms with Crippen molar-refractivity contribution in [2.45, 2.75) is 43.4 Å². The average Bonchev–Trinajstić information content (AvgIpc) is 3.33. The molecule has 2 aromatic carbocycles. The van der Waals surface area contributed by atoms with Crippen LogP contribution in [-0.2, 0) is 29.9 Å². The average molecular weight is 519 g/mol. The van der Waals surface area contributed by atoms with E-state index in [1.54, 1.807) is 12.3 Å². The van der Waals surface area contributed by atoms with Gasteiger partial charge in [-0.15, -0.1) is 0 Å². The van der Waals surface area contributed by atoms with Crippen LogP contribution in [0.4, 0.5) is 26.3 Å². The minimum absolute atomic E-state index is 0.0249. The van der Waals surface area contributed by atoms with Gasteiger partial charge >= 0.3 is 12.1 Å². The predicted octanol–water partition coefficient (Wildman–Crippen LogP) is 6.42. The highest BCUT2D eigenvalue weighted by Gasteiger charge is 2.60. The highest BCUT2D eigenvalue weighted by Crippen LogP contribution is 2.61. The monoisotopic (exact) mass is 519 g/mol. The topological polar surface area (TPSA) is 59.4 Å². The molecular weight excluding hydrogens is 500 g/mol. The molecule has 37 heavy (non-hydrogen) atoms. The molecular formula is C27H19F6NO3. The highest BCUT2D eigenvalue weighted by molar-refractivity contribution is 5.77. The van der Waals surface area contributed by atoms with Crippen molar-refractivity contribution in [1.82, 2.24) is 4.98 Å². The summed E-state index contributed by atoms with van der Waals surface area (Å²) in [5.74, 6) is -6.84. The first-order chi connectivity index (χ1) is 17.5. The van der Waals surface area contributed by atoms with Crippen LogP contribution in [0.25, 0.3) is 0 Å². The van der Waals surface area contributed by atoms with Gasteiger partial charge in [0, 0.05) is 41.6 Å². The molecule has 0 spiro atoms. The number of pyridine rings is 1. The molecule has 0 bridgehead atoms. The molecule has 0 saturated heterocycles. The van der Waals surface area contributed by atoms with Crippen LogP contribution in [0.1, 0.15) is 57.2 Å². The van der Waals surface area contributed by atoms with Crippen molar-refractivity contribution in [2.24, 2.45) is 11.8 Å². The molecule has 1 aromatic heterocycles. The molecule has 3 aliphatic rings. The first kappa shape index (κ1) is 23.8. The first-order valence-corrected chi connectivity index (χ1v) is 11.7. The lowest BCUT2D eigenvalue weighted by Crippen LogP contribution is -2.13. The summed E-state index contributed by atoms with van der Waals surface area (Å²) in [6, 6.07) is 8.06. The van der Waals surface area contributed by atoms with Crippen molar-refractivity contribution in [3.8, 4) is 5.88 Å². The zero-order valence-corrected chi connectivity index (χ0v) is 19.0. The smallest absolute Gasteiger partial charge is 0.416 e. The molecule has 4 nitrogen and oxygen atoms in total. The van der Waals surface area contributed by atoms with Crippen molar-refractivity contribution in [3.05, 3.63) is 93.4 Å². The fourth-order valence-corrected chi connectivity index (χ4v) is 6.00. The normalized spacial score (nSPS) is 24.8. The Kier molecular flexibility index (Phi) is 5.13. The number of nitrogens with zero attached hydrogens (tertiary/aromatic N) is 1. The van der Waals surface area contributed by atoms with Crippen molar-refractivity contribution in [1.29, 1.82) is 0 Å². The number of alkyl halides is 5. The number of aromatic nitrogens is 1. The summed E-state index contributed by atoms with van der Waals surface area (Å²) in [4.78, 5) is 15.4. The summed E-state index contributed by atoms with van der Waals surface area (Å²) in [5.41, 5.74) is -0.317. The molecule has 0 radical (unpaired) electrons. The number of hydrogen-bond acceptors (Lipinski definition) is 3. The lowest BCUT2D eigenvalue weighted by molar-refractivity contribution is -0.139. The third-order valence-corrected chi connectivity index (χ3v) is 7.73. The number of rotatable bonds is 5. The van der Waals surface area contributed by atoms with Gasteiger partial charge in [-0.05, 0) is 52.8 Å². The summed E-state index contributed by atoms with van der Waals surface area (Å²) < 4.78 is 90.8. The molecule has 10 heteroatoms. The van der Waals surface area contributed by atoms with E-state index in [1.165, 1.54) is 18.2 Å². The number of carboxylic acid groups (broad SMARTS) is 1. The standard InChI is InChI=1S/C27H19F6NO3/c28-21-8-20-15(17(9-26(20,29)30)14-3-1-2-4-19(14)27(31,32)33)6-13(21)11-37-22-7-12-5-16-23(18(12)10-34-22)24(16)25(35)36/h1-4,6-8,10,16-17,23-24H,5,9,11H2,(H,35,36). The fourth-order valence-electron chi connectivity index (χ4n) is 6.00. The highest BCUT2D eigenvalue weighted by atomic mass is 19.4. The van der Waals surface area contributed by atoms with Crippen molar-refractivity contribution < 1.29 is 41.0 Å². The second kappa shape index (κ2) is 7.97. The second-order valence-electron chi connectivity index (χ2n) is 9.84. The summed E-state index contributed by atoms with van der Waals surface area (Å²) in [6.45, 7) is -0.366. The third-order valence-electron chi connectivity index (χ3n) is 7.73. The minimum Gasteiger partial charge on any atom is -0.481 e. The Balaban J connectivity index is 1.28. The molecule has 0 amide bonds. The lowest BCUT2D eigenvalue weighted by atomic mass is 9.88. The Bertz CT molecular complexity index is 1440. The zero-order chi connectivity index (χ0) is 26.3. The molecule has 1 N–H and O–H groups in total. The summed E-state index contributed by atoms with van der Waals surface area (Å²) in [7, 11) is 0. The van der Waals surface area contributed by atoms with Crippen molar-refractivity contribution in [3.63, 3.8) is 0 Å². The van der Waals surface area contributed by atoms with Crippen LogP contribution in [0.3, 0.4) is 0 Å². The molecule has 1 heterocycles. The fraction of sp³-hybridized carbons (Fsp3) is 0.333. The number of fused-ring (bicyclic) bond motifs is 4. The van der Waals surface area contributed by atoms with Gasteiger partial charge in [-0.25, -0.2) is 18.2 Å². The maximum absolute atomic E-state index is 14.8. The van der Waals surface area contributed by atoms with E-state index < -0.39 is 53.3 Å². The largest absolute Gasteiger partial charge is 0.481 e. The number of halogens is 6. The molecule has 1 fully saturated rings. The third kappa shape index (κ3) is 3.84. The molecule has 6 rings (SSSR count). The Morgan fingerprint density at radius 2 is 1.86 bits per heavy atom. The Morgan fingerprint density at radius 3 is 2.59 bits per heavy atom. The molecule has 4 unspecified atom stereocenters. The van der Waals surface area contributed by atoms with Gasteiger partial charge in [-0.2, -0.15) is 13.2 Å². The quantitative estimate of drug-likeness (QED) is 0.396. The molecule has 3 aromatic rings. The van der Waals surface area contributed by atoms with Crippen LogP contribution < -0.4 is 4.74 Å². The zero-order valence-electron chi connectivity index (χ0n) is 19.0. The van der Waals surface area contributed by atoms with Gasteiger partial charge in [0.1, 0.15) is 12.4 Å². The number of benzene rings is 2. The lowest BCUT2D eigenvalue weighted by Gasteiger charge is -2.19. The number of carbonyl (C=O) groups is 1. The Hall–Kier alpha value is -3.56. The van der Waals surface area contributed by atoms with E-state index in [0.717, 1.165) is 23.3 Å². The van der Waals surface area contributed by atoms with Crippen LogP contribution in [0.5, 0.6) is 5.88 Å². The maximum Gasteiger partial charge on any atom is 0.416 e. The van der Waals surface area contributed by atoms with Crippen LogP contribution in [0.15, 0.2) is 48.7 Å². The Labute approximate surface area is 206 Å². The summed E-state index contributed by atoms with van der Waals surface area (Å²) in [5, 5.41) is 9.24. The summed E-state index contributed by atoms with van der Waals surface area (Å²) in [6.07, 6.45) is -3.52. The van der Waals surface area contributed by atoms with Crippen LogP contribution in [-0.4, -0.2) is 16.1 Å². The predicted molar refractivity (Wildman–Crippen MR) is 118 cm³/mol. The molecule has 1 saturated carbocycles. The van der Waals surface area contributed by atoms with Gasteiger partial charge in [-0.1, -0.05) is 18.2 Å². The van der Waals surface area contributed by atoms with E-state index in [9.17, 15) is 36.2 Å². The van der Waals surface area contributed by atoms with E-state index in [-0.39, 0.29) is 41.0 Å². The van der Waals surface area contributed by atoms with Crippen LogP contribution >= 0.6 is 0 Å². The van der Waals surface area contributed by atoms with Gasteiger partial charge in [0.2, 0.25) is 5.88 Å². The number of hydrogen-bond donors (Lipinski definition) is 1. The van der Waals surface area contributed by atoms with E-state index >= 15 is 0 Å². The molecule has 4 atom stereocenters. The van der Waals surface area contributed by atoms with Crippen LogP contribution in [0.2, 0.25) is 0 Å². The SMILES string of the molecule is O=C(O)C1C2Cc3cc(OCc4cc5c(cc4F)C(F)(F)CC5c4ccccc4C(F)(F)F)ncc3C21. The van der Waals surface area contributed by atoms with E-state index in [0.29, 0.717) is 12.5 Å². The molecule has 192 valence electrons. The maximum atomic E-state index is 14.8. The van der Waals surface area contributed by atoms with E-state index in [1.807, 2.05) is 0 Å². The first-order valence-electron chi connectivity index (χ1n) is 11.7. The van der Waals surface area contributed by atoms with Gasteiger partial charge in [0.25, 0.3) is 5.92 Å². The number of aliphatic carboxylic acids is 1. The van der Waals surface area contributed by atoms with Crippen LogP contribution in [0, 0.1) is 17.7 Å². The molecule has 0 aliphatic heterocycles. The van der Waals surface area contributed by atoms with E-state index in [2.05, 4.69) is 4.98 Å². The van der Waals surface area contributed by atoms with Gasteiger partial charge in [0.15, 0.2) is 0 Å².